The van der Waals surface area contributed by atoms with Gasteiger partial charge < -0.3 is 15.1 Å². The number of hydrogen-bond acceptors (Lipinski definition) is 3. The number of benzene rings is 1. The van der Waals surface area contributed by atoms with Gasteiger partial charge in [0.2, 0.25) is 5.91 Å². The van der Waals surface area contributed by atoms with E-state index in [1.165, 1.54) is 13.1 Å². The summed E-state index contributed by atoms with van der Waals surface area (Å²) in [6.45, 7) is 2.04. The van der Waals surface area contributed by atoms with Gasteiger partial charge in [-0.25, -0.2) is 0 Å². The quantitative estimate of drug-likeness (QED) is 0.852. The molecule has 2 N–H and O–H groups in total. The van der Waals surface area contributed by atoms with E-state index in [0.717, 1.165) is 10.9 Å². The first kappa shape index (κ1) is 15.1. The maximum atomic E-state index is 12.1. The fourth-order valence-electron chi connectivity index (χ4n) is 1.89. The number of carbonyl (C=O) groups excluding carboxylic acids is 2. The minimum atomic E-state index is -0.332. The molecule has 2 amide bonds. The number of likely N-dealkylation sites (N-methyl/N-ethyl adjacent to an activating group) is 1. The average molecular weight is 307 g/mol. The predicted molar refractivity (Wildman–Crippen MR) is 81.5 cm³/mol. The Balaban J connectivity index is 2.11. The number of aryl methyl sites for hydroxylation is 1. The third-order valence-corrected chi connectivity index (χ3v) is 3.24. The van der Waals surface area contributed by atoms with E-state index < -0.39 is 0 Å². The smallest absolute Gasteiger partial charge is 0.287 e. The van der Waals surface area contributed by atoms with Crippen LogP contribution in [-0.2, 0) is 4.79 Å². The fraction of sp³-hybridized carbons (Fsp3) is 0.200. The monoisotopic (exact) mass is 306 g/mol. The lowest BCUT2D eigenvalue weighted by molar-refractivity contribution is -0.116. The normalized spacial score (nSPS) is 11.0. The maximum absolute atomic E-state index is 12.1. The Bertz CT molecular complexity index is 719. The molecule has 5 nitrogen and oxygen atoms in total. The molecule has 1 aromatic carbocycles. The molecule has 21 heavy (non-hydrogen) atoms. The van der Waals surface area contributed by atoms with E-state index in [0.29, 0.717) is 10.6 Å². The topological polar surface area (TPSA) is 71.3 Å². The van der Waals surface area contributed by atoms with E-state index >= 15 is 0 Å². The van der Waals surface area contributed by atoms with Gasteiger partial charge in [0, 0.05) is 35.6 Å². The SMILES string of the molecule is CNC(=O)C=CCNC(=O)c1oc2ccc(Cl)cc2c1C. The van der Waals surface area contributed by atoms with Crippen LogP contribution in [0.3, 0.4) is 0 Å². The highest BCUT2D eigenvalue weighted by molar-refractivity contribution is 6.31. The van der Waals surface area contributed by atoms with Crippen LogP contribution in [0.1, 0.15) is 16.1 Å². The minimum Gasteiger partial charge on any atom is -0.451 e. The van der Waals surface area contributed by atoms with Crippen molar-refractivity contribution in [1.29, 1.82) is 0 Å². The van der Waals surface area contributed by atoms with Crippen molar-refractivity contribution in [2.24, 2.45) is 0 Å². The lowest BCUT2D eigenvalue weighted by Crippen LogP contribution is -2.24. The highest BCUT2D eigenvalue weighted by Gasteiger charge is 2.17. The molecule has 6 heteroatoms. The molecule has 1 aromatic heterocycles. The summed E-state index contributed by atoms with van der Waals surface area (Å²) in [5, 5.41) is 6.51. The van der Waals surface area contributed by atoms with Crippen molar-refractivity contribution < 1.29 is 14.0 Å². The van der Waals surface area contributed by atoms with Crippen molar-refractivity contribution in [3.8, 4) is 0 Å². The number of furan rings is 1. The van der Waals surface area contributed by atoms with E-state index in [1.54, 1.807) is 31.2 Å². The lowest BCUT2D eigenvalue weighted by atomic mass is 10.1. The molecular formula is C15H15ClN2O3. The van der Waals surface area contributed by atoms with Gasteiger partial charge in [-0.3, -0.25) is 9.59 Å². The molecule has 0 saturated heterocycles. The van der Waals surface area contributed by atoms with Crippen LogP contribution in [0, 0.1) is 6.92 Å². The Morgan fingerprint density at radius 2 is 2.14 bits per heavy atom. The van der Waals surface area contributed by atoms with Gasteiger partial charge in [-0.05, 0) is 25.1 Å². The van der Waals surface area contributed by atoms with Crippen molar-refractivity contribution in [2.45, 2.75) is 6.92 Å². The zero-order chi connectivity index (χ0) is 15.4. The molecular weight excluding hydrogens is 292 g/mol. The number of halogens is 1. The van der Waals surface area contributed by atoms with Gasteiger partial charge in [-0.15, -0.1) is 0 Å². The molecule has 0 bridgehead atoms. The summed E-state index contributed by atoms with van der Waals surface area (Å²) in [6.07, 6.45) is 2.91. The van der Waals surface area contributed by atoms with E-state index in [1.807, 2.05) is 0 Å². The fourth-order valence-corrected chi connectivity index (χ4v) is 2.06. The number of amides is 2. The lowest BCUT2D eigenvalue weighted by Gasteiger charge is -1.99. The highest BCUT2D eigenvalue weighted by atomic mass is 35.5. The van der Waals surface area contributed by atoms with Crippen LogP contribution in [0.15, 0.2) is 34.8 Å². The van der Waals surface area contributed by atoms with Crippen LogP contribution in [0.5, 0.6) is 0 Å². The Hall–Kier alpha value is -2.27. The molecule has 0 aliphatic heterocycles. The summed E-state index contributed by atoms with van der Waals surface area (Å²) in [6, 6.07) is 5.20. The minimum absolute atomic E-state index is 0.223. The summed E-state index contributed by atoms with van der Waals surface area (Å²) in [4.78, 5) is 23.1. The highest BCUT2D eigenvalue weighted by Crippen LogP contribution is 2.27. The molecule has 2 aromatic rings. The van der Waals surface area contributed by atoms with Crippen molar-refractivity contribution in [2.75, 3.05) is 13.6 Å². The summed E-state index contributed by atoms with van der Waals surface area (Å²) in [5.74, 6) is -0.305. The number of carbonyl (C=O) groups is 2. The first-order valence-corrected chi connectivity index (χ1v) is 6.76. The third-order valence-electron chi connectivity index (χ3n) is 3.00. The second kappa shape index (κ2) is 6.45. The van der Waals surface area contributed by atoms with Crippen LogP contribution < -0.4 is 10.6 Å². The summed E-state index contributed by atoms with van der Waals surface area (Å²) in [5.41, 5.74) is 1.35. The van der Waals surface area contributed by atoms with Crippen LogP contribution >= 0.6 is 11.6 Å². The van der Waals surface area contributed by atoms with Crippen LogP contribution in [0.4, 0.5) is 0 Å². The maximum Gasteiger partial charge on any atom is 0.287 e. The Kier molecular flexibility index (Phi) is 4.65. The van der Waals surface area contributed by atoms with Gasteiger partial charge in [0.05, 0.1) is 0 Å². The van der Waals surface area contributed by atoms with Crippen molar-refractivity contribution in [3.05, 3.63) is 46.7 Å². The molecule has 0 aliphatic carbocycles. The van der Waals surface area contributed by atoms with E-state index in [2.05, 4.69) is 10.6 Å². The van der Waals surface area contributed by atoms with Gasteiger partial charge in [0.15, 0.2) is 5.76 Å². The van der Waals surface area contributed by atoms with Gasteiger partial charge in [0.25, 0.3) is 5.91 Å². The second-order valence-corrected chi connectivity index (χ2v) is 4.86. The first-order chi connectivity index (χ1) is 10.0. The number of hydrogen-bond donors (Lipinski definition) is 2. The van der Waals surface area contributed by atoms with Gasteiger partial charge >= 0.3 is 0 Å². The van der Waals surface area contributed by atoms with Crippen LogP contribution in [-0.4, -0.2) is 25.4 Å². The standard InChI is InChI=1S/C15H15ClN2O3/c1-9-11-8-10(16)5-6-12(11)21-14(9)15(20)18-7-3-4-13(19)17-2/h3-6,8H,7H2,1-2H3,(H,17,19)(H,18,20). The summed E-state index contributed by atoms with van der Waals surface area (Å²) < 4.78 is 5.54. The van der Waals surface area contributed by atoms with Crippen molar-refractivity contribution in [3.63, 3.8) is 0 Å². The van der Waals surface area contributed by atoms with E-state index in [4.69, 9.17) is 16.0 Å². The molecule has 0 aliphatic rings. The van der Waals surface area contributed by atoms with E-state index in [9.17, 15) is 9.59 Å². The zero-order valence-electron chi connectivity index (χ0n) is 11.7. The van der Waals surface area contributed by atoms with Gasteiger partial charge in [-0.2, -0.15) is 0 Å². The van der Waals surface area contributed by atoms with Crippen molar-refractivity contribution >= 4 is 34.4 Å². The molecule has 0 radical (unpaired) electrons. The number of rotatable bonds is 4. The molecule has 0 saturated carbocycles. The summed E-state index contributed by atoms with van der Waals surface area (Å²) >= 11 is 5.94. The molecule has 0 unspecified atom stereocenters. The Morgan fingerprint density at radius 1 is 1.38 bits per heavy atom. The molecule has 0 fully saturated rings. The van der Waals surface area contributed by atoms with Gasteiger partial charge in [-0.1, -0.05) is 17.7 Å². The van der Waals surface area contributed by atoms with E-state index in [-0.39, 0.29) is 24.1 Å². The molecule has 0 atom stereocenters. The van der Waals surface area contributed by atoms with Crippen LogP contribution in [0.2, 0.25) is 5.02 Å². The molecule has 0 spiro atoms. The number of fused-ring (bicyclic) bond motifs is 1. The Morgan fingerprint density at radius 3 is 2.86 bits per heavy atom. The predicted octanol–water partition coefficient (Wildman–Crippen LogP) is 2.43. The summed E-state index contributed by atoms with van der Waals surface area (Å²) in [7, 11) is 1.54. The van der Waals surface area contributed by atoms with Gasteiger partial charge in [0.1, 0.15) is 5.58 Å². The third kappa shape index (κ3) is 3.44. The van der Waals surface area contributed by atoms with Crippen LogP contribution in [0.25, 0.3) is 11.0 Å². The molecule has 1 heterocycles. The zero-order valence-corrected chi connectivity index (χ0v) is 12.5. The molecule has 2 rings (SSSR count). The Labute approximate surface area is 126 Å². The largest absolute Gasteiger partial charge is 0.451 e. The van der Waals surface area contributed by atoms with Crippen molar-refractivity contribution in [1.82, 2.24) is 10.6 Å². The first-order valence-electron chi connectivity index (χ1n) is 6.38. The average Bonchev–Trinajstić information content (AvgIpc) is 2.80. The molecule has 110 valence electrons. The second-order valence-electron chi connectivity index (χ2n) is 4.42. The number of nitrogens with one attached hydrogen (secondary N) is 2.